The Hall–Kier alpha value is -0.540. The minimum absolute atomic E-state index is 0.415. The van der Waals surface area contributed by atoms with Gasteiger partial charge in [0.1, 0.15) is 0 Å². The van der Waals surface area contributed by atoms with Gasteiger partial charge in [0.15, 0.2) is 0 Å². The number of nitrogens with one attached hydrogen (secondary N) is 1. The molecule has 0 radical (unpaired) electrons. The Morgan fingerprint density at radius 1 is 1.17 bits per heavy atom. The molecule has 0 bridgehead atoms. The van der Waals surface area contributed by atoms with E-state index < -0.39 is 0 Å². The second-order valence-electron chi connectivity index (χ2n) is 4.11. The molecule has 0 saturated carbocycles. The SMILES string of the molecule is CCC(NC)c1ccc(-c2cc(Cl)cc(Cl)c2)s1. The van der Waals surface area contributed by atoms with Crippen molar-refractivity contribution in [1.29, 1.82) is 0 Å². The zero-order valence-electron chi connectivity index (χ0n) is 10.3. The zero-order valence-corrected chi connectivity index (χ0v) is 12.7. The third-order valence-corrected chi connectivity index (χ3v) is 4.56. The van der Waals surface area contributed by atoms with Gasteiger partial charge >= 0.3 is 0 Å². The van der Waals surface area contributed by atoms with E-state index in [1.165, 1.54) is 9.75 Å². The number of thiophene rings is 1. The number of hydrogen-bond acceptors (Lipinski definition) is 2. The van der Waals surface area contributed by atoms with E-state index in [4.69, 9.17) is 23.2 Å². The lowest BCUT2D eigenvalue weighted by Crippen LogP contribution is -2.13. The average Bonchev–Trinajstić information content (AvgIpc) is 2.79. The van der Waals surface area contributed by atoms with Crippen LogP contribution in [-0.2, 0) is 0 Å². The van der Waals surface area contributed by atoms with Crippen molar-refractivity contribution in [2.75, 3.05) is 7.05 Å². The van der Waals surface area contributed by atoms with E-state index in [2.05, 4.69) is 24.4 Å². The largest absolute Gasteiger partial charge is 0.312 e. The highest BCUT2D eigenvalue weighted by atomic mass is 35.5. The molecule has 0 saturated heterocycles. The van der Waals surface area contributed by atoms with Crippen molar-refractivity contribution in [2.24, 2.45) is 0 Å². The summed E-state index contributed by atoms with van der Waals surface area (Å²) >= 11 is 13.8. The molecule has 18 heavy (non-hydrogen) atoms. The molecule has 1 aromatic heterocycles. The van der Waals surface area contributed by atoms with E-state index in [0.717, 1.165) is 12.0 Å². The van der Waals surface area contributed by atoms with E-state index in [9.17, 15) is 0 Å². The van der Waals surface area contributed by atoms with Crippen LogP contribution in [-0.4, -0.2) is 7.05 Å². The summed E-state index contributed by atoms with van der Waals surface area (Å²) in [6.45, 7) is 2.18. The van der Waals surface area contributed by atoms with Gasteiger partial charge in [-0.3, -0.25) is 0 Å². The molecule has 1 unspecified atom stereocenters. The fourth-order valence-corrected chi connectivity index (χ4v) is 3.65. The maximum Gasteiger partial charge on any atom is 0.0427 e. The summed E-state index contributed by atoms with van der Waals surface area (Å²) in [6, 6.07) is 10.4. The van der Waals surface area contributed by atoms with Gasteiger partial charge in [-0.15, -0.1) is 11.3 Å². The summed E-state index contributed by atoms with van der Waals surface area (Å²) in [5.74, 6) is 0. The Morgan fingerprint density at radius 3 is 2.39 bits per heavy atom. The van der Waals surface area contributed by atoms with Crippen molar-refractivity contribution >= 4 is 34.5 Å². The molecule has 2 rings (SSSR count). The van der Waals surface area contributed by atoms with Crippen LogP contribution in [0.4, 0.5) is 0 Å². The van der Waals surface area contributed by atoms with E-state index in [0.29, 0.717) is 16.1 Å². The van der Waals surface area contributed by atoms with Crippen molar-refractivity contribution in [3.8, 4) is 10.4 Å². The minimum atomic E-state index is 0.415. The lowest BCUT2D eigenvalue weighted by atomic mass is 10.1. The van der Waals surface area contributed by atoms with Crippen LogP contribution >= 0.6 is 34.5 Å². The molecule has 0 aliphatic carbocycles. The van der Waals surface area contributed by atoms with E-state index in [1.807, 2.05) is 19.2 Å². The van der Waals surface area contributed by atoms with Crippen molar-refractivity contribution in [3.05, 3.63) is 45.3 Å². The normalized spacial score (nSPS) is 12.7. The molecule has 1 aromatic carbocycles. The third-order valence-electron chi connectivity index (χ3n) is 2.87. The third kappa shape index (κ3) is 3.07. The first-order chi connectivity index (χ1) is 8.63. The first-order valence-corrected chi connectivity index (χ1v) is 7.44. The molecule has 0 aliphatic rings. The molecule has 1 atom stereocenters. The highest BCUT2D eigenvalue weighted by molar-refractivity contribution is 7.15. The Bertz CT molecular complexity index is 512. The fraction of sp³-hybridized carbons (Fsp3) is 0.286. The Labute approximate surface area is 122 Å². The van der Waals surface area contributed by atoms with Crippen LogP contribution in [0.2, 0.25) is 10.0 Å². The molecule has 0 fully saturated rings. The highest BCUT2D eigenvalue weighted by Crippen LogP contribution is 2.34. The van der Waals surface area contributed by atoms with Gasteiger partial charge in [0, 0.05) is 25.8 Å². The molecular weight excluding hydrogens is 285 g/mol. The Morgan fingerprint density at radius 2 is 1.83 bits per heavy atom. The molecule has 0 aliphatic heterocycles. The molecule has 0 amide bonds. The molecular formula is C14H15Cl2NS. The summed E-state index contributed by atoms with van der Waals surface area (Å²) in [7, 11) is 1.99. The smallest absolute Gasteiger partial charge is 0.0427 e. The van der Waals surface area contributed by atoms with Gasteiger partial charge in [-0.25, -0.2) is 0 Å². The Balaban J connectivity index is 2.34. The standard InChI is InChI=1S/C14H15Cl2NS/c1-3-12(17-2)14-5-4-13(18-14)9-6-10(15)8-11(16)7-9/h4-8,12,17H,3H2,1-2H3. The minimum Gasteiger partial charge on any atom is -0.312 e. The summed E-state index contributed by atoms with van der Waals surface area (Å²) < 4.78 is 0. The summed E-state index contributed by atoms with van der Waals surface area (Å²) in [4.78, 5) is 2.54. The molecule has 1 nitrogen and oxygen atoms in total. The maximum atomic E-state index is 6.03. The second-order valence-corrected chi connectivity index (χ2v) is 6.10. The van der Waals surface area contributed by atoms with Gasteiger partial charge in [0.2, 0.25) is 0 Å². The quantitative estimate of drug-likeness (QED) is 0.798. The monoisotopic (exact) mass is 299 g/mol. The molecule has 1 N–H and O–H groups in total. The van der Waals surface area contributed by atoms with Gasteiger partial charge in [0.25, 0.3) is 0 Å². The van der Waals surface area contributed by atoms with Crippen LogP contribution in [0.3, 0.4) is 0 Å². The number of halogens is 2. The van der Waals surface area contributed by atoms with Gasteiger partial charge in [-0.1, -0.05) is 30.1 Å². The number of hydrogen-bond donors (Lipinski definition) is 1. The van der Waals surface area contributed by atoms with Crippen molar-refractivity contribution in [3.63, 3.8) is 0 Å². The van der Waals surface area contributed by atoms with E-state index >= 15 is 0 Å². The predicted molar refractivity (Wildman–Crippen MR) is 81.9 cm³/mol. The molecule has 1 heterocycles. The molecule has 96 valence electrons. The van der Waals surface area contributed by atoms with Crippen LogP contribution in [0.1, 0.15) is 24.3 Å². The molecule has 4 heteroatoms. The fourth-order valence-electron chi connectivity index (χ4n) is 1.94. The van der Waals surface area contributed by atoms with Gasteiger partial charge in [-0.2, -0.15) is 0 Å². The lowest BCUT2D eigenvalue weighted by Gasteiger charge is -2.10. The lowest BCUT2D eigenvalue weighted by molar-refractivity contribution is 0.586. The highest BCUT2D eigenvalue weighted by Gasteiger charge is 2.11. The van der Waals surface area contributed by atoms with Gasteiger partial charge in [0.05, 0.1) is 0 Å². The molecule has 2 aromatic rings. The summed E-state index contributed by atoms with van der Waals surface area (Å²) in [5, 5.41) is 4.66. The average molecular weight is 300 g/mol. The number of benzene rings is 1. The topological polar surface area (TPSA) is 12.0 Å². The Kier molecular flexibility index (Phi) is 4.68. The molecule has 0 spiro atoms. The first kappa shape index (κ1) is 13.9. The second kappa shape index (κ2) is 6.07. The van der Waals surface area contributed by atoms with Crippen LogP contribution < -0.4 is 5.32 Å². The van der Waals surface area contributed by atoms with Crippen molar-refractivity contribution < 1.29 is 0 Å². The van der Waals surface area contributed by atoms with Crippen LogP contribution in [0, 0.1) is 0 Å². The summed E-state index contributed by atoms with van der Waals surface area (Å²) in [5.41, 5.74) is 1.08. The van der Waals surface area contributed by atoms with Crippen molar-refractivity contribution in [2.45, 2.75) is 19.4 Å². The summed E-state index contributed by atoms with van der Waals surface area (Å²) in [6.07, 6.45) is 1.08. The number of rotatable bonds is 4. The van der Waals surface area contributed by atoms with Crippen molar-refractivity contribution in [1.82, 2.24) is 5.32 Å². The first-order valence-electron chi connectivity index (χ1n) is 5.87. The predicted octanol–water partition coefficient (Wildman–Crippen LogP) is 5.39. The zero-order chi connectivity index (χ0) is 13.1. The van der Waals surface area contributed by atoms with E-state index in [-0.39, 0.29) is 0 Å². The maximum absolute atomic E-state index is 6.03. The van der Waals surface area contributed by atoms with Gasteiger partial charge < -0.3 is 5.32 Å². The van der Waals surface area contributed by atoms with E-state index in [1.54, 1.807) is 17.4 Å². The van der Waals surface area contributed by atoms with Crippen LogP contribution in [0.5, 0.6) is 0 Å². The van der Waals surface area contributed by atoms with Crippen LogP contribution in [0.25, 0.3) is 10.4 Å². The van der Waals surface area contributed by atoms with Crippen LogP contribution in [0.15, 0.2) is 30.3 Å². The van der Waals surface area contributed by atoms with Gasteiger partial charge in [-0.05, 0) is 49.4 Å².